The molecule has 0 saturated carbocycles. The molecule has 13 rings (SSSR count). The van der Waals surface area contributed by atoms with E-state index in [-0.39, 0.29) is 63.8 Å². The summed E-state index contributed by atoms with van der Waals surface area (Å²) in [4.78, 5) is 15.5. The molecule has 0 spiro atoms. The number of benzene rings is 9. The van der Waals surface area contributed by atoms with Crippen LogP contribution in [-0.2, 0) is 0 Å². The maximum absolute atomic E-state index is 9.63. The van der Waals surface area contributed by atoms with E-state index in [1.165, 1.54) is 6.07 Å². The molecule has 0 aliphatic rings. The molecule has 0 unspecified atom stereocenters. The molecule has 0 aliphatic carbocycles. The van der Waals surface area contributed by atoms with E-state index in [9.17, 15) is 2.74 Å². The molecule has 6 nitrogen and oxygen atoms in total. The molecule has 0 saturated heterocycles. The van der Waals surface area contributed by atoms with Gasteiger partial charge in [0.05, 0.1) is 36.0 Å². The van der Waals surface area contributed by atoms with Crippen LogP contribution in [-0.4, -0.2) is 24.1 Å². The first kappa shape index (κ1) is 29.6. The SMILES string of the molecule is [2H]c1cc([2H])c2oc3c(-c4cc(-c5nc(-c6ccccc6)nc(-c6ccc7c8ccccc8n(-c8ccccc8)c7c6)n5)ccc4-n4c5ccccc5c5ccccc54)c([2H])c([2H])c([2H])c3c2c1[2H]. The minimum absolute atomic E-state index is 0.0122. The van der Waals surface area contributed by atoms with Crippen LogP contribution < -0.4 is 0 Å². The van der Waals surface area contributed by atoms with Crippen molar-refractivity contribution < 1.29 is 12.6 Å². The molecule has 63 heavy (non-hydrogen) atoms. The summed E-state index contributed by atoms with van der Waals surface area (Å²) in [7, 11) is 0. The number of hydrogen-bond donors (Lipinski definition) is 0. The summed E-state index contributed by atoms with van der Waals surface area (Å²) in [5.74, 6) is 1.26. The third kappa shape index (κ3) is 5.55. The molecule has 294 valence electrons. The highest BCUT2D eigenvalue weighted by Crippen LogP contribution is 2.43. The molecule has 6 heteroatoms. The van der Waals surface area contributed by atoms with Gasteiger partial charge in [0, 0.05) is 65.8 Å². The van der Waals surface area contributed by atoms with Crippen LogP contribution in [0.4, 0.5) is 0 Å². The van der Waals surface area contributed by atoms with E-state index in [1.54, 1.807) is 0 Å². The zero-order valence-electron chi connectivity index (χ0n) is 39.4. The second-order valence-corrected chi connectivity index (χ2v) is 15.5. The summed E-state index contributed by atoms with van der Waals surface area (Å²) in [6.07, 6.45) is 0. The van der Waals surface area contributed by atoms with Crippen LogP contribution in [0, 0.1) is 0 Å². The highest BCUT2D eigenvalue weighted by atomic mass is 16.3. The van der Waals surface area contributed by atoms with Crippen LogP contribution in [0.2, 0.25) is 0 Å². The largest absolute Gasteiger partial charge is 0.455 e. The Morgan fingerprint density at radius 2 is 0.937 bits per heavy atom. The predicted octanol–water partition coefficient (Wildman–Crippen LogP) is 14.6. The summed E-state index contributed by atoms with van der Waals surface area (Å²) in [6.45, 7) is 0. The van der Waals surface area contributed by atoms with Crippen molar-refractivity contribution >= 4 is 65.6 Å². The fourth-order valence-electron chi connectivity index (χ4n) is 9.13. The van der Waals surface area contributed by atoms with Gasteiger partial charge in [0.1, 0.15) is 11.2 Å². The van der Waals surface area contributed by atoms with Crippen LogP contribution in [0.15, 0.2) is 217 Å². The van der Waals surface area contributed by atoms with E-state index in [2.05, 4.69) is 69.8 Å². The zero-order valence-corrected chi connectivity index (χ0v) is 33.4. The maximum atomic E-state index is 9.63. The average molecular weight is 812 g/mol. The van der Waals surface area contributed by atoms with Gasteiger partial charge < -0.3 is 13.6 Å². The van der Waals surface area contributed by atoms with Crippen LogP contribution >= 0.6 is 0 Å². The van der Waals surface area contributed by atoms with Gasteiger partial charge in [-0.05, 0) is 60.6 Å². The number of fused-ring (bicyclic) bond motifs is 9. The first-order valence-electron chi connectivity index (χ1n) is 23.7. The number of furan rings is 1. The normalized spacial score (nSPS) is 13.1. The second-order valence-electron chi connectivity index (χ2n) is 15.5. The Morgan fingerprint density at radius 3 is 1.63 bits per heavy atom. The minimum Gasteiger partial charge on any atom is -0.455 e. The number of rotatable bonds is 6. The maximum Gasteiger partial charge on any atom is 0.164 e. The average Bonchev–Trinajstić information content (AvgIpc) is 4.06. The van der Waals surface area contributed by atoms with Crippen LogP contribution in [0.5, 0.6) is 0 Å². The lowest BCUT2D eigenvalue weighted by molar-refractivity contribution is 0.670. The van der Waals surface area contributed by atoms with Crippen molar-refractivity contribution in [1.82, 2.24) is 24.1 Å². The number of nitrogens with zero attached hydrogens (tertiary/aromatic N) is 5. The zero-order chi connectivity index (χ0) is 46.7. The topological polar surface area (TPSA) is 61.7 Å². The monoisotopic (exact) mass is 811 g/mol. The fraction of sp³-hybridized carbons (Fsp3) is 0. The van der Waals surface area contributed by atoms with Gasteiger partial charge in [0.25, 0.3) is 0 Å². The summed E-state index contributed by atoms with van der Waals surface area (Å²) in [5, 5.41) is 4.44. The lowest BCUT2D eigenvalue weighted by Crippen LogP contribution is -2.02. The first-order chi connectivity index (χ1) is 33.7. The molecule has 0 bridgehead atoms. The Labute approximate surface area is 370 Å². The molecule has 0 radical (unpaired) electrons. The van der Waals surface area contributed by atoms with Crippen molar-refractivity contribution in [2.75, 3.05) is 0 Å². The van der Waals surface area contributed by atoms with Crippen molar-refractivity contribution in [3.63, 3.8) is 0 Å². The Hall–Kier alpha value is -8.61. The fourth-order valence-corrected chi connectivity index (χ4v) is 9.13. The van der Waals surface area contributed by atoms with Gasteiger partial charge in [-0.15, -0.1) is 0 Å². The van der Waals surface area contributed by atoms with Gasteiger partial charge >= 0.3 is 0 Å². The Bertz CT molecular complexity index is 4220. The van der Waals surface area contributed by atoms with Gasteiger partial charge in [0.15, 0.2) is 17.5 Å². The highest BCUT2D eigenvalue weighted by molar-refractivity contribution is 6.13. The second kappa shape index (κ2) is 14.0. The molecular weight excluding hydrogens is 771 g/mol. The standard InChI is InChI=1S/C57H35N5O/c1-3-16-36(17-4-1)55-58-56(60-57(59-55)38-30-32-43-42-22-7-11-26-48(42)61(52(43)35-38)39-18-5-2-6-19-39)37-31-33-51(62-49-27-12-8-20-40(49)41-21-9-13-28-50(41)62)47(34-37)46-25-15-24-45-44-23-10-14-29-53(44)63-54(45)46/h1-35H/i10D,15D,23D,24D,25D,29D. The summed E-state index contributed by atoms with van der Waals surface area (Å²) in [6, 6.07) is 56.4. The van der Waals surface area contributed by atoms with Crippen LogP contribution in [0.3, 0.4) is 0 Å². The minimum atomic E-state index is -0.378. The molecule has 4 aromatic heterocycles. The highest BCUT2D eigenvalue weighted by Gasteiger charge is 2.22. The summed E-state index contributed by atoms with van der Waals surface area (Å²) >= 11 is 0. The van der Waals surface area contributed by atoms with Gasteiger partial charge in [0.2, 0.25) is 0 Å². The molecule has 4 heterocycles. The predicted molar refractivity (Wildman–Crippen MR) is 258 cm³/mol. The molecule has 0 amide bonds. The number of hydrogen-bond acceptors (Lipinski definition) is 4. The van der Waals surface area contributed by atoms with Crippen LogP contribution in [0.1, 0.15) is 8.22 Å². The van der Waals surface area contributed by atoms with Gasteiger partial charge in [-0.2, -0.15) is 0 Å². The smallest absolute Gasteiger partial charge is 0.164 e. The van der Waals surface area contributed by atoms with Crippen LogP contribution in [0.25, 0.3) is 122 Å². The molecule has 0 N–H and O–H groups in total. The molecule has 0 fully saturated rings. The first-order valence-corrected chi connectivity index (χ1v) is 20.7. The van der Waals surface area contributed by atoms with Crippen molar-refractivity contribution in [1.29, 1.82) is 0 Å². The number of para-hydroxylation sites is 6. The third-order valence-corrected chi connectivity index (χ3v) is 11.9. The van der Waals surface area contributed by atoms with E-state index in [0.29, 0.717) is 34.3 Å². The number of aromatic nitrogens is 5. The third-order valence-electron chi connectivity index (χ3n) is 11.9. The lowest BCUT2D eigenvalue weighted by atomic mass is 9.98. The molecule has 0 aliphatic heterocycles. The van der Waals surface area contributed by atoms with E-state index in [1.807, 2.05) is 109 Å². The molecule has 0 atom stereocenters. The summed E-state index contributed by atoms with van der Waals surface area (Å²) in [5.41, 5.74) is 8.46. The van der Waals surface area contributed by atoms with Gasteiger partial charge in [-0.1, -0.05) is 152 Å². The van der Waals surface area contributed by atoms with E-state index in [0.717, 1.165) is 60.4 Å². The van der Waals surface area contributed by atoms with E-state index >= 15 is 0 Å². The van der Waals surface area contributed by atoms with E-state index in [4.69, 9.17) is 24.9 Å². The summed E-state index contributed by atoms with van der Waals surface area (Å²) < 4.78 is 65.1. The Balaban J connectivity index is 1.11. The molecule has 13 aromatic rings. The lowest BCUT2D eigenvalue weighted by Gasteiger charge is -2.16. The Kier molecular flexibility index (Phi) is 6.56. The van der Waals surface area contributed by atoms with E-state index < -0.39 is 0 Å². The van der Waals surface area contributed by atoms with Gasteiger partial charge in [-0.25, -0.2) is 15.0 Å². The van der Waals surface area contributed by atoms with Crippen molar-refractivity contribution in [2.45, 2.75) is 0 Å². The van der Waals surface area contributed by atoms with Crippen molar-refractivity contribution in [2.24, 2.45) is 0 Å². The van der Waals surface area contributed by atoms with Gasteiger partial charge in [-0.3, -0.25) is 0 Å². The molecular formula is C57H35N5O. The van der Waals surface area contributed by atoms with Crippen molar-refractivity contribution in [3.8, 4) is 56.7 Å². The molecule has 9 aromatic carbocycles. The Morgan fingerprint density at radius 1 is 0.381 bits per heavy atom. The van der Waals surface area contributed by atoms with Crippen molar-refractivity contribution in [3.05, 3.63) is 212 Å². The quantitative estimate of drug-likeness (QED) is 0.168.